The van der Waals surface area contributed by atoms with Crippen molar-refractivity contribution in [3.63, 3.8) is 0 Å². The molecule has 0 amide bonds. The van der Waals surface area contributed by atoms with Crippen molar-refractivity contribution in [2.45, 2.75) is 51.0 Å². The maximum absolute atomic E-state index is 11.5. The van der Waals surface area contributed by atoms with Gasteiger partial charge in [-0.25, -0.2) is 0 Å². The highest BCUT2D eigenvalue weighted by Crippen LogP contribution is 2.12. The SMILES string of the molecule is CC(C)S(=O)(=O)OS(=O)(=O)CCCCS(=O)(=O)OS(=O)(=O)C(C)C. The molecular formula is C10H22O10S4. The Morgan fingerprint density at radius 3 is 1.04 bits per heavy atom. The molecule has 0 heterocycles. The molecule has 146 valence electrons. The van der Waals surface area contributed by atoms with Crippen LogP contribution in [0.15, 0.2) is 0 Å². The molecule has 0 aliphatic heterocycles. The Labute approximate surface area is 144 Å². The van der Waals surface area contributed by atoms with Gasteiger partial charge in [-0.15, -0.1) is 7.26 Å². The Morgan fingerprint density at radius 1 is 0.583 bits per heavy atom. The Bertz CT molecular complexity index is 744. The van der Waals surface area contributed by atoms with Crippen LogP contribution in [0.1, 0.15) is 40.5 Å². The Hall–Kier alpha value is -0.280. The van der Waals surface area contributed by atoms with Gasteiger partial charge >= 0.3 is 0 Å². The molecular weight excluding hydrogens is 408 g/mol. The summed E-state index contributed by atoms with van der Waals surface area (Å²) in [6.45, 7) is 4.96. The van der Waals surface area contributed by atoms with E-state index in [1.807, 2.05) is 0 Å². The predicted octanol–water partition coefficient (Wildman–Crippen LogP) is -0.0642. The topological polar surface area (TPSA) is 155 Å². The van der Waals surface area contributed by atoms with Gasteiger partial charge in [0.1, 0.15) is 0 Å². The lowest BCUT2D eigenvalue weighted by molar-refractivity contribution is 0.448. The first-order valence-corrected chi connectivity index (χ1v) is 13.0. The van der Waals surface area contributed by atoms with Crippen molar-refractivity contribution in [1.29, 1.82) is 0 Å². The summed E-state index contributed by atoms with van der Waals surface area (Å²) in [5.41, 5.74) is 0. The van der Waals surface area contributed by atoms with Crippen LogP contribution in [0, 0.1) is 0 Å². The van der Waals surface area contributed by atoms with E-state index in [2.05, 4.69) is 7.26 Å². The monoisotopic (exact) mass is 430 g/mol. The van der Waals surface area contributed by atoms with Crippen LogP contribution >= 0.6 is 0 Å². The predicted molar refractivity (Wildman–Crippen MR) is 87.1 cm³/mol. The average Bonchev–Trinajstić information content (AvgIpc) is 2.31. The summed E-state index contributed by atoms with van der Waals surface area (Å²) in [7, 11) is -17.3. The first-order chi connectivity index (χ1) is 10.5. The molecule has 0 fully saturated rings. The van der Waals surface area contributed by atoms with Gasteiger partial charge in [0, 0.05) is 0 Å². The Balaban J connectivity index is 4.59. The van der Waals surface area contributed by atoms with E-state index in [1.165, 1.54) is 27.7 Å². The average molecular weight is 431 g/mol. The molecule has 0 atom stereocenters. The van der Waals surface area contributed by atoms with Crippen LogP contribution in [0.25, 0.3) is 0 Å². The van der Waals surface area contributed by atoms with Gasteiger partial charge in [0.05, 0.1) is 22.0 Å². The maximum Gasteiger partial charge on any atom is 0.284 e. The minimum atomic E-state index is -4.39. The van der Waals surface area contributed by atoms with Crippen molar-refractivity contribution in [1.82, 2.24) is 0 Å². The molecule has 0 bridgehead atoms. The first kappa shape index (κ1) is 23.7. The molecule has 0 rings (SSSR count). The maximum atomic E-state index is 11.5. The van der Waals surface area contributed by atoms with E-state index in [9.17, 15) is 33.7 Å². The van der Waals surface area contributed by atoms with Gasteiger partial charge in [-0.3, -0.25) is 0 Å². The van der Waals surface area contributed by atoms with Crippen LogP contribution in [-0.4, -0.2) is 55.7 Å². The third-order valence-electron chi connectivity index (χ3n) is 2.59. The Morgan fingerprint density at radius 2 is 0.833 bits per heavy atom. The minimum absolute atomic E-state index is 0.250. The van der Waals surface area contributed by atoms with Crippen LogP contribution in [-0.2, 0) is 47.7 Å². The summed E-state index contributed by atoms with van der Waals surface area (Å²) in [5, 5.41) is -2.11. The molecule has 0 N–H and O–H groups in total. The van der Waals surface area contributed by atoms with E-state index in [1.54, 1.807) is 0 Å². The van der Waals surface area contributed by atoms with Crippen molar-refractivity contribution < 1.29 is 40.9 Å². The fourth-order valence-electron chi connectivity index (χ4n) is 1.07. The van der Waals surface area contributed by atoms with E-state index < -0.39 is 62.5 Å². The number of hydrogen-bond acceptors (Lipinski definition) is 10. The van der Waals surface area contributed by atoms with E-state index in [4.69, 9.17) is 0 Å². The molecule has 0 spiro atoms. The van der Waals surface area contributed by atoms with Crippen molar-refractivity contribution in [2.75, 3.05) is 11.5 Å². The van der Waals surface area contributed by atoms with Gasteiger partial charge in [0.15, 0.2) is 0 Å². The standard InChI is InChI=1S/C10H22O10S4/c1-9(2)23(15,16)19-21(11,12)7-5-6-8-22(13,14)20-24(17,18)10(3)4/h9-10H,5-8H2,1-4H3. The van der Waals surface area contributed by atoms with Crippen LogP contribution in [0.5, 0.6) is 0 Å². The van der Waals surface area contributed by atoms with Crippen LogP contribution in [0.3, 0.4) is 0 Å². The smallest absolute Gasteiger partial charge is 0.198 e. The molecule has 24 heavy (non-hydrogen) atoms. The van der Waals surface area contributed by atoms with E-state index in [0.29, 0.717) is 0 Å². The molecule has 0 saturated heterocycles. The van der Waals surface area contributed by atoms with E-state index >= 15 is 0 Å². The lowest BCUT2D eigenvalue weighted by atomic mass is 10.4. The molecule has 0 aromatic heterocycles. The normalized spacial score (nSPS) is 14.4. The molecule has 0 aromatic rings. The van der Waals surface area contributed by atoms with Crippen LogP contribution in [0.2, 0.25) is 0 Å². The fourth-order valence-corrected chi connectivity index (χ4v) is 6.30. The van der Waals surface area contributed by atoms with E-state index in [0.717, 1.165) is 0 Å². The van der Waals surface area contributed by atoms with E-state index in [-0.39, 0.29) is 12.8 Å². The lowest BCUT2D eigenvalue weighted by Crippen LogP contribution is -2.24. The molecule has 14 heteroatoms. The van der Waals surface area contributed by atoms with Gasteiger partial charge < -0.3 is 0 Å². The second-order valence-electron chi connectivity index (χ2n) is 5.45. The molecule has 10 nitrogen and oxygen atoms in total. The summed E-state index contributed by atoms with van der Waals surface area (Å²) in [5.74, 6) is -1.46. The van der Waals surface area contributed by atoms with Crippen LogP contribution < -0.4 is 0 Å². The summed E-state index contributed by atoms with van der Waals surface area (Å²) >= 11 is 0. The summed E-state index contributed by atoms with van der Waals surface area (Å²) in [6.07, 6.45) is -0.499. The highest BCUT2D eigenvalue weighted by molar-refractivity contribution is 8.00. The molecule has 0 radical (unpaired) electrons. The van der Waals surface area contributed by atoms with Gasteiger partial charge in [-0.05, 0) is 40.5 Å². The molecule has 0 aliphatic carbocycles. The number of rotatable bonds is 11. The van der Waals surface area contributed by atoms with Gasteiger partial charge in [-0.1, -0.05) is 0 Å². The fraction of sp³-hybridized carbons (Fsp3) is 1.00. The molecule has 0 aromatic carbocycles. The van der Waals surface area contributed by atoms with Crippen molar-refractivity contribution in [3.8, 4) is 0 Å². The zero-order chi connectivity index (χ0) is 19.4. The molecule has 0 aliphatic rings. The van der Waals surface area contributed by atoms with Gasteiger partial charge in [0.25, 0.3) is 40.5 Å². The van der Waals surface area contributed by atoms with Crippen molar-refractivity contribution in [3.05, 3.63) is 0 Å². The minimum Gasteiger partial charge on any atom is -0.198 e. The van der Waals surface area contributed by atoms with Gasteiger partial charge in [0.2, 0.25) is 0 Å². The van der Waals surface area contributed by atoms with Gasteiger partial charge in [-0.2, -0.15) is 33.7 Å². The summed E-state index contributed by atoms with van der Waals surface area (Å²) in [6, 6.07) is 0. The molecule has 0 saturated carbocycles. The number of hydrogen-bond donors (Lipinski definition) is 0. The lowest BCUT2D eigenvalue weighted by Gasteiger charge is -2.09. The third-order valence-corrected chi connectivity index (χ3v) is 9.65. The Kier molecular flexibility index (Phi) is 8.30. The highest BCUT2D eigenvalue weighted by Gasteiger charge is 2.27. The third kappa shape index (κ3) is 8.71. The molecule has 0 unspecified atom stereocenters. The summed E-state index contributed by atoms with van der Waals surface area (Å²) < 4.78 is 99.8. The van der Waals surface area contributed by atoms with Crippen molar-refractivity contribution in [2.24, 2.45) is 0 Å². The van der Waals surface area contributed by atoms with Crippen molar-refractivity contribution >= 4 is 40.5 Å². The largest absolute Gasteiger partial charge is 0.284 e. The highest BCUT2D eigenvalue weighted by atomic mass is 32.3. The quantitative estimate of drug-likeness (QED) is 0.407. The zero-order valence-corrected chi connectivity index (χ0v) is 17.0. The summed E-state index contributed by atoms with van der Waals surface area (Å²) in [4.78, 5) is 0. The second-order valence-corrected chi connectivity index (χ2v) is 13.4. The second kappa shape index (κ2) is 8.40. The first-order valence-electron chi connectivity index (χ1n) is 6.86. The zero-order valence-electron chi connectivity index (χ0n) is 13.7. The van der Waals surface area contributed by atoms with Crippen LogP contribution in [0.4, 0.5) is 0 Å². The number of unbranched alkanes of at least 4 members (excludes halogenated alkanes) is 1.